The predicted octanol–water partition coefficient (Wildman–Crippen LogP) is 5.50. The van der Waals surface area contributed by atoms with Crippen LogP contribution < -0.4 is 11.4 Å². The molecule has 10 atom stereocenters. The second-order valence-electron chi connectivity index (χ2n) is 16.1. The van der Waals surface area contributed by atoms with Crippen LogP contribution in [0.1, 0.15) is 86.5 Å². The van der Waals surface area contributed by atoms with Crippen molar-refractivity contribution in [1.29, 1.82) is 0 Å². The molecule has 2 aromatic rings. The second-order valence-corrected chi connectivity index (χ2v) is 17.6. The van der Waals surface area contributed by atoms with Gasteiger partial charge in [0.05, 0.1) is 27.8 Å². The minimum Gasteiger partial charge on any atom is -0.393 e. The first-order valence-electron chi connectivity index (χ1n) is 17.2. The molecule has 2 aliphatic heterocycles. The van der Waals surface area contributed by atoms with Gasteiger partial charge in [-0.05, 0) is 104 Å². The van der Waals surface area contributed by atoms with Gasteiger partial charge in [-0.15, -0.1) is 0 Å². The molecule has 2 unspecified atom stereocenters. The number of aliphatic hydroxyl groups excluding tert-OH is 1. The van der Waals surface area contributed by atoms with Gasteiger partial charge in [0, 0.05) is 11.8 Å². The Balaban J connectivity index is 1.42. The molecule has 0 saturated heterocycles. The van der Waals surface area contributed by atoms with E-state index >= 15 is 0 Å². The first-order chi connectivity index (χ1) is 21.5. The zero-order valence-electron chi connectivity index (χ0n) is 27.9. The number of nitrogens with zero attached hydrogens (tertiary/aromatic N) is 3. The Morgan fingerprint density at radius 1 is 0.870 bits per heavy atom. The van der Waals surface area contributed by atoms with Crippen LogP contribution in [0.2, 0.25) is 0 Å². The summed E-state index contributed by atoms with van der Waals surface area (Å²) in [5, 5.41) is 11.1. The highest BCUT2D eigenvalue weighted by atomic mass is 32.2. The summed E-state index contributed by atoms with van der Waals surface area (Å²) in [6.07, 6.45) is 14.4. The predicted molar refractivity (Wildman–Crippen MR) is 177 cm³/mol. The Bertz CT molecular complexity index is 1850. The molecule has 2 spiro atoms. The van der Waals surface area contributed by atoms with E-state index in [1.807, 2.05) is 0 Å². The zero-order chi connectivity index (χ0) is 33.2. The summed E-state index contributed by atoms with van der Waals surface area (Å²) in [5.41, 5.74) is -2.62. The van der Waals surface area contributed by atoms with Crippen molar-refractivity contribution in [2.24, 2.45) is 46.3 Å². The van der Waals surface area contributed by atoms with Gasteiger partial charge in [0.25, 0.3) is 10.1 Å². The first-order valence-corrected chi connectivity index (χ1v) is 18.6. The van der Waals surface area contributed by atoms with Gasteiger partial charge in [-0.25, -0.2) is 23.5 Å². The molecule has 0 amide bonds. The fourth-order valence-electron chi connectivity index (χ4n) is 11.2. The van der Waals surface area contributed by atoms with E-state index in [1.165, 1.54) is 24.3 Å². The number of fused-ring (bicyclic) bond motifs is 1. The van der Waals surface area contributed by atoms with Crippen LogP contribution in [0, 0.1) is 46.3 Å². The smallest absolute Gasteiger partial charge is 0.352 e. The van der Waals surface area contributed by atoms with Gasteiger partial charge in [0.2, 0.25) is 0 Å². The zero-order valence-corrected chi connectivity index (χ0v) is 28.7. The number of allylic oxidation sites excluding steroid dienone is 4. The van der Waals surface area contributed by atoms with Crippen LogP contribution in [-0.2, 0) is 21.2 Å². The lowest BCUT2D eigenvalue weighted by atomic mass is 9.40. The molecule has 9 nitrogen and oxygen atoms in total. The fourth-order valence-corrected chi connectivity index (χ4v) is 11.7. The van der Waals surface area contributed by atoms with E-state index < -0.39 is 38.7 Å². The Morgan fingerprint density at radius 3 is 2.20 bits per heavy atom. The van der Waals surface area contributed by atoms with E-state index in [-0.39, 0.29) is 33.2 Å². The average Bonchev–Trinajstić information content (AvgIpc) is 3.50. The quantitative estimate of drug-likeness (QED) is 0.314. The van der Waals surface area contributed by atoms with Crippen LogP contribution in [-0.4, -0.2) is 38.1 Å². The van der Waals surface area contributed by atoms with E-state index in [2.05, 4.69) is 65.8 Å². The van der Waals surface area contributed by atoms with E-state index in [1.54, 1.807) is 9.36 Å². The van der Waals surface area contributed by atoms with Crippen molar-refractivity contribution in [1.82, 2.24) is 13.9 Å². The normalized spacial score (nSPS) is 39.2. The molecule has 0 radical (unpaired) electrons. The van der Waals surface area contributed by atoms with Crippen LogP contribution in [0.5, 0.6) is 0 Å². The molecule has 8 rings (SSSR count). The van der Waals surface area contributed by atoms with Gasteiger partial charge < -0.3 is 5.11 Å². The SMILES string of the molecule is CC(C)[C@@H](C)/C=C/[C@@H](C)[C@H]1CC[C@H]2C34C=CC5(C[C@@H](O)CC[C@]5(C)[C@H]3CC[C@]12C)n1c(=O)n(-c2ccc(S(=O)(=O)O)cc2)c(=O)n14. The van der Waals surface area contributed by atoms with Crippen molar-refractivity contribution in [3.8, 4) is 5.69 Å². The maximum atomic E-state index is 14.8. The highest BCUT2D eigenvalue weighted by molar-refractivity contribution is 7.85. The molecule has 250 valence electrons. The molecule has 46 heavy (non-hydrogen) atoms. The van der Waals surface area contributed by atoms with Crippen molar-refractivity contribution >= 4 is 10.1 Å². The Hall–Kier alpha value is -2.69. The highest BCUT2D eigenvalue weighted by Gasteiger charge is 2.75. The molecule has 3 heterocycles. The summed E-state index contributed by atoms with van der Waals surface area (Å²) < 4.78 is 37.6. The third-order valence-electron chi connectivity index (χ3n) is 13.9. The molecule has 3 saturated carbocycles. The molecule has 3 fully saturated rings. The Morgan fingerprint density at radius 2 is 1.54 bits per heavy atom. The molecule has 1 aromatic heterocycles. The van der Waals surface area contributed by atoms with E-state index in [9.17, 15) is 27.7 Å². The van der Waals surface area contributed by atoms with Gasteiger partial charge in [-0.1, -0.05) is 65.8 Å². The fraction of sp³-hybridized carbons (Fsp3) is 0.667. The number of hydrogen-bond donors (Lipinski definition) is 2. The lowest BCUT2D eigenvalue weighted by Gasteiger charge is -2.71. The van der Waals surface area contributed by atoms with E-state index in [4.69, 9.17) is 0 Å². The lowest BCUT2D eigenvalue weighted by Crippen LogP contribution is -2.76. The van der Waals surface area contributed by atoms with Crippen LogP contribution in [0.3, 0.4) is 0 Å². The maximum absolute atomic E-state index is 14.8. The van der Waals surface area contributed by atoms with E-state index in [0.29, 0.717) is 36.5 Å². The number of rotatable bonds is 6. The number of benzene rings is 1. The summed E-state index contributed by atoms with van der Waals surface area (Å²) in [5.74, 6) is 2.15. The van der Waals surface area contributed by atoms with Crippen molar-refractivity contribution < 1.29 is 18.1 Å². The van der Waals surface area contributed by atoms with Gasteiger partial charge in [0.1, 0.15) is 0 Å². The minimum atomic E-state index is -4.44. The van der Waals surface area contributed by atoms with Crippen LogP contribution in [0.25, 0.3) is 5.69 Å². The summed E-state index contributed by atoms with van der Waals surface area (Å²) in [6, 6.07) is 5.23. The van der Waals surface area contributed by atoms with Crippen molar-refractivity contribution in [2.75, 3.05) is 0 Å². The molecular weight excluding hydrogens is 602 g/mol. The topological polar surface area (TPSA) is 124 Å². The number of aromatic nitrogens is 3. The van der Waals surface area contributed by atoms with Gasteiger partial charge in [0.15, 0.2) is 0 Å². The highest BCUT2D eigenvalue weighted by Crippen LogP contribution is 2.74. The van der Waals surface area contributed by atoms with Crippen LogP contribution >= 0.6 is 0 Å². The molecule has 2 N–H and O–H groups in total. The molecule has 6 aliphatic rings. The van der Waals surface area contributed by atoms with Crippen LogP contribution in [0.4, 0.5) is 0 Å². The first kappa shape index (κ1) is 31.9. The third kappa shape index (κ3) is 3.95. The summed E-state index contributed by atoms with van der Waals surface area (Å²) in [7, 11) is -4.44. The summed E-state index contributed by atoms with van der Waals surface area (Å²) >= 11 is 0. The van der Waals surface area contributed by atoms with Crippen molar-refractivity contribution in [2.45, 2.75) is 109 Å². The van der Waals surface area contributed by atoms with Gasteiger partial charge in [-0.2, -0.15) is 8.42 Å². The van der Waals surface area contributed by atoms with Gasteiger partial charge in [-0.3, -0.25) is 4.55 Å². The Labute approximate surface area is 271 Å². The van der Waals surface area contributed by atoms with E-state index in [0.717, 1.165) is 36.7 Å². The standard InChI is InChI=1S/C36H49N3O6S/c1-22(2)23(3)7-8-24(4)28-13-14-29-33(28,5)17-16-30-34(6)18-15-26(40)21-35(34)19-20-36(29,30)39-32(42)37(31(41)38(35)39)25-9-11-27(12-10-25)46(43,44)45/h7-12,19-20,22-24,26,28-30,40H,13-18,21H2,1-6H3,(H,43,44,45)/b8-7+/t23-,24+,26-,28+,29+,30+,33+,34+,35?,36?/m0/s1. The van der Waals surface area contributed by atoms with Crippen molar-refractivity contribution in [3.63, 3.8) is 0 Å². The number of hydrogen-bond acceptors (Lipinski definition) is 5. The minimum absolute atomic E-state index is 0.0485. The van der Waals surface area contributed by atoms with Crippen molar-refractivity contribution in [3.05, 3.63) is 69.5 Å². The third-order valence-corrected chi connectivity index (χ3v) is 14.8. The molecule has 4 aliphatic carbocycles. The molecule has 10 heteroatoms. The summed E-state index contributed by atoms with van der Waals surface area (Å²) in [6.45, 7) is 13.8. The molecule has 1 aromatic carbocycles. The molecule has 2 bridgehead atoms. The second kappa shape index (κ2) is 10.2. The van der Waals surface area contributed by atoms with Crippen LogP contribution in [0.15, 0.2) is 63.1 Å². The Kier molecular flexibility index (Phi) is 7.04. The number of aliphatic hydroxyl groups is 1. The van der Waals surface area contributed by atoms with Gasteiger partial charge >= 0.3 is 11.4 Å². The lowest BCUT2D eigenvalue weighted by molar-refractivity contribution is -0.199. The summed E-state index contributed by atoms with van der Waals surface area (Å²) in [4.78, 5) is 29.1. The largest absolute Gasteiger partial charge is 0.393 e. The molecular formula is C36H49N3O6S. The maximum Gasteiger partial charge on any atom is 0.352 e. The monoisotopic (exact) mass is 651 g/mol. The average molecular weight is 652 g/mol.